The van der Waals surface area contributed by atoms with E-state index in [1.54, 1.807) is 0 Å². The summed E-state index contributed by atoms with van der Waals surface area (Å²) < 4.78 is 0. The summed E-state index contributed by atoms with van der Waals surface area (Å²) in [5.74, 6) is -0.424. The molecule has 0 aromatic heterocycles. The van der Waals surface area contributed by atoms with E-state index < -0.39 is 6.04 Å². The first-order valence-electron chi connectivity index (χ1n) is 10.8. The van der Waals surface area contributed by atoms with Crippen molar-refractivity contribution in [1.82, 2.24) is 4.90 Å². The van der Waals surface area contributed by atoms with Gasteiger partial charge in [-0.1, -0.05) is 48.0 Å². The number of anilines is 1. The molecule has 1 aliphatic heterocycles. The van der Waals surface area contributed by atoms with Gasteiger partial charge in [-0.05, 0) is 55.7 Å². The van der Waals surface area contributed by atoms with Gasteiger partial charge in [0.1, 0.15) is 6.04 Å². The van der Waals surface area contributed by atoms with E-state index in [0.29, 0.717) is 23.9 Å². The second-order valence-corrected chi connectivity index (χ2v) is 8.99. The van der Waals surface area contributed by atoms with Crippen LogP contribution in [0.25, 0.3) is 0 Å². The van der Waals surface area contributed by atoms with E-state index in [0.717, 1.165) is 30.4 Å². The van der Waals surface area contributed by atoms with Crippen molar-refractivity contribution < 1.29 is 14.4 Å². The Morgan fingerprint density at radius 3 is 2.17 bits per heavy atom. The molecule has 5 atom stereocenters. The van der Waals surface area contributed by atoms with Crippen LogP contribution < -0.4 is 5.32 Å². The van der Waals surface area contributed by atoms with Gasteiger partial charge in [0.2, 0.25) is 17.7 Å². The molecule has 3 amide bonds. The maximum Gasteiger partial charge on any atom is 0.248 e. The lowest BCUT2D eigenvalue weighted by Gasteiger charge is -2.27. The normalized spacial score (nSPS) is 28.0. The molecule has 5 nitrogen and oxygen atoms in total. The zero-order valence-electron chi connectivity index (χ0n) is 17.1. The first-order valence-corrected chi connectivity index (χ1v) is 10.8. The number of fused-ring (bicyclic) bond motifs is 5. The van der Waals surface area contributed by atoms with Gasteiger partial charge in [0.15, 0.2) is 0 Å². The van der Waals surface area contributed by atoms with Crippen LogP contribution in [0.1, 0.15) is 30.4 Å². The van der Waals surface area contributed by atoms with E-state index in [1.165, 1.54) is 4.90 Å². The van der Waals surface area contributed by atoms with Crippen LogP contribution in [0.3, 0.4) is 0 Å². The maximum atomic E-state index is 13.3. The fraction of sp³-hybridized carbons (Fsp3) is 0.400. The average Bonchev–Trinajstić information content (AvgIpc) is 3.43. The molecule has 30 heavy (non-hydrogen) atoms. The Bertz CT molecular complexity index is 957. The molecule has 3 aliphatic rings. The molecule has 2 aromatic carbocycles. The SMILES string of the molecule is Cc1ccc(NC(=O)C(Cc2ccccc2)N2C(=O)C3C4CCC(C4)C3C2=O)cc1. The number of amides is 3. The van der Waals surface area contributed by atoms with Crippen molar-refractivity contribution >= 4 is 23.4 Å². The molecular formula is C25H26N2O3. The Labute approximate surface area is 176 Å². The molecule has 2 saturated carbocycles. The van der Waals surface area contributed by atoms with E-state index in [9.17, 15) is 14.4 Å². The van der Waals surface area contributed by atoms with Gasteiger partial charge in [0.05, 0.1) is 11.8 Å². The Hall–Kier alpha value is -2.95. The first-order chi connectivity index (χ1) is 14.5. The minimum Gasteiger partial charge on any atom is -0.324 e. The third-order valence-electron chi connectivity index (χ3n) is 7.17. The Kier molecular flexibility index (Phi) is 4.69. The summed E-state index contributed by atoms with van der Waals surface area (Å²) in [6, 6.07) is 16.3. The molecule has 154 valence electrons. The van der Waals surface area contributed by atoms with Crippen LogP contribution in [0.4, 0.5) is 5.69 Å². The summed E-state index contributed by atoms with van der Waals surface area (Å²) >= 11 is 0. The number of nitrogens with zero attached hydrogens (tertiary/aromatic N) is 1. The zero-order valence-corrected chi connectivity index (χ0v) is 17.1. The highest BCUT2D eigenvalue weighted by Gasteiger charge is 2.62. The highest BCUT2D eigenvalue weighted by atomic mass is 16.2. The number of imide groups is 1. The van der Waals surface area contributed by atoms with Gasteiger partial charge < -0.3 is 5.32 Å². The summed E-state index contributed by atoms with van der Waals surface area (Å²) in [7, 11) is 0. The van der Waals surface area contributed by atoms with Crippen LogP contribution in [-0.2, 0) is 20.8 Å². The number of rotatable bonds is 5. The fourth-order valence-corrected chi connectivity index (χ4v) is 5.74. The van der Waals surface area contributed by atoms with E-state index in [2.05, 4.69) is 5.32 Å². The highest BCUT2D eigenvalue weighted by Crippen LogP contribution is 2.56. The number of likely N-dealkylation sites (tertiary alicyclic amines) is 1. The van der Waals surface area contributed by atoms with Gasteiger partial charge in [0.25, 0.3) is 0 Å². The van der Waals surface area contributed by atoms with Crippen molar-refractivity contribution in [3.8, 4) is 0 Å². The summed E-state index contributed by atoms with van der Waals surface area (Å²) in [6.45, 7) is 1.98. The minimum absolute atomic E-state index is 0.141. The van der Waals surface area contributed by atoms with Crippen molar-refractivity contribution in [1.29, 1.82) is 0 Å². The summed E-state index contributed by atoms with van der Waals surface area (Å²) in [6.07, 6.45) is 3.36. The lowest BCUT2D eigenvalue weighted by atomic mass is 9.81. The van der Waals surface area contributed by atoms with Gasteiger partial charge >= 0.3 is 0 Å². The van der Waals surface area contributed by atoms with Crippen LogP contribution in [0, 0.1) is 30.6 Å². The van der Waals surface area contributed by atoms with E-state index >= 15 is 0 Å². The third-order valence-corrected chi connectivity index (χ3v) is 7.17. The standard InChI is InChI=1S/C25H26N2O3/c1-15-7-11-19(12-8-15)26-23(28)20(13-16-5-3-2-4-6-16)27-24(29)21-17-9-10-18(14-17)22(21)25(27)30/h2-8,11-12,17-18,20-22H,9-10,13-14H2,1H3,(H,26,28). The lowest BCUT2D eigenvalue weighted by Crippen LogP contribution is -2.49. The second kappa shape index (κ2) is 7.38. The molecule has 0 spiro atoms. The predicted molar refractivity (Wildman–Crippen MR) is 113 cm³/mol. The minimum atomic E-state index is -0.835. The van der Waals surface area contributed by atoms with Crippen molar-refractivity contribution in [3.05, 3.63) is 65.7 Å². The topological polar surface area (TPSA) is 66.5 Å². The molecule has 1 heterocycles. The number of benzene rings is 2. The highest BCUT2D eigenvalue weighted by molar-refractivity contribution is 6.10. The van der Waals surface area contributed by atoms with Gasteiger partial charge in [-0.3, -0.25) is 19.3 Å². The molecule has 2 aromatic rings. The van der Waals surface area contributed by atoms with Crippen LogP contribution in [-0.4, -0.2) is 28.7 Å². The molecule has 0 radical (unpaired) electrons. The van der Waals surface area contributed by atoms with E-state index in [4.69, 9.17) is 0 Å². The lowest BCUT2D eigenvalue weighted by molar-refractivity contribution is -0.147. The van der Waals surface area contributed by atoms with Crippen molar-refractivity contribution in [2.75, 3.05) is 5.32 Å². The molecule has 2 bridgehead atoms. The summed E-state index contributed by atoms with van der Waals surface area (Å²) in [4.78, 5) is 41.3. The molecule has 1 N–H and O–H groups in total. The predicted octanol–water partition coefficient (Wildman–Crippen LogP) is 3.58. The largest absolute Gasteiger partial charge is 0.324 e. The van der Waals surface area contributed by atoms with Gasteiger partial charge in [-0.25, -0.2) is 0 Å². The smallest absolute Gasteiger partial charge is 0.248 e. The second-order valence-electron chi connectivity index (χ2n) is 8.99. The Balaban J connectivity index is 1.45. The number of nitrogens with one attached hydrogen (secondary N) is 1. The van der Waals surface area contributed by atoms with Crippen LogP contribution >= 0.6 is 0 Å². The number of hydrogen-bond acceptors (Lipinski definition) is 3. The Morgan fingerprint density at radius 1 is 0.967 bits per heavy atom. The molecule has 1 saturated heterocycles. The summed E-state index contributed by atoms with van der Waals surface area (Å²) in [5.41, 5.74) is 2.70. The molecule has 3 fully saturated rings. The first kappa shape index (κ1) is 19.0. The number of carbonyl (C=O) groups is 3. The monoisotopic (exact) mass is 402 g/mol. The van der Waals surface area contributed by atoms with Gasteiger partial charge in [-0.15, -0.1) is 0 Å². The zero-order chi connectivity index (χ0) is 20.8. The van der Waals surface area contributed by atoms with E-state index in [-0.39, 0.29) is 29.6 Å². The summed E-state index contributed by atoms with van der Waals surface area (Å²) in [5, 5.41) is 2.93. The van der Waals surface area contributed by atoms with Crippen LogP contribution in [0.2, 0.25) is 0 Å². The van der Waals surface area contributed by atoms with Crippen LogP contribution in [0.5, 0.6) is 0 Å². The quantitative estimate of drug-likeness (QED) is 0.778. The number of carbonyl (C=O) groups excluding carboxylic acids is 3. The molecule has 5 unspecified atom stereocenters. The fourth-order valence-electron chi connectivity index (χ4n) is 5.74. The molecule has 2 aliphatic carbocycles. The van der Waals surface area contributed by atoms with E-state index in [1.807, 2.05) is 61.5 Å². The number of hydrogen-bond donors (Lipinski definition) is 1. The molecular weight excluding hydrogens is 376 g/mol. The van der Waals surface area contributed by atoms with Crippen molar-refractivity contribution in [2.24, 2.45) is 23.7 Å². The maximum absolute atomic E-state index is 13.3. The van der Waals surface area contributed by atoms with Gasteiger partial charge in [-0.2, -0.15) is 0 Å². The molecule has 5 rings (SSSR count). The third kappa shape index (κ3) is 3.13. The number of aryl methyl sites for hydroxylation is 1. The average molecular weight is 402 g/mol. The van der Waals surface area contributed by atoms with Crippen molar-refractivity contribution in [2.45, 2.75) is 38.6 Å². The van der Waals surface area contributed by atoms with Crippen LogP contribution in [0.15, 0.2) is 54.6 Å². The van der Waals surface area contributed by atoms with Gasteiger partial charge in [0, 0.05) is 12.1 Å². The Morgan fingerprint density at radius 2 is 1.57 bits per heavy atom. The van der Waals surface area contributed by atoms with Crippen molar-refractivity contribution in [3.63, 3.8) is 0 Å². The molecule has 5 heteroatoms.